The zero-order valence-corrected chi connectivity index (χ0v) is 16.9. The van der Waals surface area contributed by atoms with Crippen LogP contribution in [0.2, 0.25) is 0 Å². The molecule has 0 aliphatic rings. The average Bonchev–Trinajstić information content (AvgIpc) is 2.64. The minimum atomic E-state index is -3.32. The van der Waals surface area contributed by atoms with Crippen LogP contribution in [0.1, 0.15) is 24.5 Å². The number of aryl methyl sites for hydroxylation is 1. The molecule has 0 saturated carbocycles. The molecular weight excluding hydrogens is 364 g/mol. The van der Waals surface area contributed by atoms with Gasteiger partial charge in [0.25, 0.3) is 5.91 Å². The molecule has 6 nitrogen and oxygen atoms in total. The van der Waals surface area contributed by atoms with Gasteiger partial charge in [-0.1, -0.05) is 36.8 Å². The molecule has 2 aromatic rings. The van der Waals surface area contributed by atoms with Crippen molar-refractivity contribution in [1.82, 2.24) is 5.32 Å². The third-order valence-electron chi connectivity index (χ3n) is 4.23. The number of ether oxygens (including phenoxy) is 1. The van der Waals surface area contributed by atoms with Crippen LogP contribution in [0.3, 0.4) is 0 Å². The largest absolute Gasteiger partial charge is 0.481 e. The van der Waals surface area contributed by atoms with Crippen LogP contribution in [0, 0.1) is 6.92 Å². The maximum Gasteiger partial charge on any atom is 0.261 e. The number of amides is 1. The quantitative estimate of drug-likeness (QED) is 0.752. The molecule has 0 aliphatic carbocycles. The Morgan fingerprint density at radius 2 is 1.70 bits per heavy atom. The first-order valence-electron chi connectivity index (χ1n) is 8.74. The maximum atomic E-state index is 12.4. The van der Waals surface area contributed by atoms with Crippen molar-refractivity contribution in [2.24, 2.45) is 0 Å². The van der Waals surface area contributed by atoms with Crippen LogP contribution in [0.15, 0.2) is 48.5 Å². The first kappa shape index (κ1) is 20.8. The number of nitrogens with one attached hydrogen (secondary N) is 1. The van der Waals surface area contributed by atoms with Gasteiger partial charge < -0.3 is 10.1 Å². The van der Waals surface area contributed by atoms with E-state index in [1.54, 1.807) is 24.3 Å². The van der Waals surface area contributed by atoms with E-state index in [4.69, 9.17) is 4.74 Å². The highest BCUT2D eigenvalue weighted by Gasteiger charge is 2.18. The minimum absolute atomic E-state index is 0.185. The number of hydrogen-bond acceptors (Lipinski definition) is 4. The van der Waals surface area contributed by atoms with Crippen LogP contribution in [0.25, 0.3) is 0 Å². The Morgan fingerprint density at radius 1 is 1.11 bits per heavy atom. The van der Waals surface area contributed by atoms with Crippen LogP contribution >= 0.6 is 0 Å². The fourth-order valence-corrected chi connectivity index (χ4v) is 2.93. The van der Waals surface area contributed by atoms with Crippen LogP contribution in [-0.4, -0.2) is 33.7 Å². The summed E-state index contributed by atoms with van der Waals surface area (Å²) in [6.07, 6.45) is 1.04. The standard InChI is InChI=1S/C20H26N2O4S/c1-5-19(20(23)21-14-16-8-6-15(2)7-9-16)26-18-12-10-17(11-13-18)22(3)27(4,24)25/h6-13,19H,5,14H2,1-4H3,(H,21,23)/t19-/m0/s1. The molecule has 0 bridgehead atoms. The van der Waals surface area contributed by atoms with Crippen LogP contribution in [-0.2, 0) is 21.4 Å². The van der Waals surface area contributed by atoms with Gasteiger partial charge in [-0.15, -0.1) is 0 Å². The molecule has 2 rings (SSSR count). The normalized spacial score (nSPS) is 12.3. The van der Waals surface area contributed by atoms with Crippen molar-refractivity contribution in [2.45, 2.75) is 32.9 Å². The topological polar surface area (TPSA) is 75.7 Å². The Labute approximate surface area is 161 Å². The summed E-state index contributed by atoms with van der Waals surface area (Å²) < 4.78 is 30.1. The predicted molar refractivity (Wildman–Crippen MR) is 107 cm³/mol. The molecule has 0 fully saturated rings. The fourth-order valence-electron chi connectivity index (χ4n) is 2.42. The third kappa shape index (κ3) is 5.99. The van der Waals surface area contributed by atoms with Crippen molar-refractivity contribution in [2.75, 3.05) is 17.6 Å². The van der Waals surface area contributed by atoms with Gasteiger partial charge in [0, 0.05) is 13.6 Å². The summed E-state index contributed by atoms with van der Waals surface area (Å²) in [7, 11) is -1.83. The van der Waals surface area contributed by atoms with Gasteiger partial charge in [0.05, 0.1) is 11.9 Å². The molecule has 27 heavy (non-hydrogen) atoms. The van der Waals surface area contributed by atoms with Gasteiger partial charge in [0.15, 0.2) is 6.10 Å². The molecule has 1 N–H and O–H groups in total. The van der Waals surface area contributed by atoms with E-state index in [1.807, 2.05) is 38.1 Å². The Morgan fingerprint density at radius 3 is 2.22 bits per heavy atom. The number of nitrogens with zero attached hydrogens (tertiary/aromatic N) is 1. The highest BCUT2D eigenvalue weighted by molar-refractivity contribution is 7.92. The lowest BCUT2D eigenvalue weighted by atomic mass is 10.1. The summed E-state index contributed by atoms with van der Waals surface area (Å²) in [6, 6.07) is 14.6. The smallest absolute Gasteiger partial charge is 0.261 e. The van der Waals surface area contributed by atoms with E-state index < -0.39 is 16.1 Å². The van der Waals surface area contributed by atoms with E-state index in [2.05, 4.69) is 5.32 Å². The molecule has 0 unspecified atom stereocenters. The molecule has 146 valence electrons. The summed E-state index contributed by atoms with van der Waals surface area (Å²) in [6.45, 7) is 4.33. The summed E-state index contributed by atoms with van der Waals surface area (Å²) in [5.41, 5.74) is 2.73. The van der Waals surface area contributed by atoms with Gasteiger partial charge in [0.1, 0.15) is 5.75 Å². The first-order valence-corrected chi connectivity index (χ1v) is 10.6. The zero-order chi connectivity index (χ0) is 20.0. The Balaban J connectivity index is 1.97. The van der Waals surface area contributed by atoms with Gasteiger partial charge >= 0.3 is 0 Å². The lowest BCUT2D eigenvalue weighted by Crippen LogP contribution is -2.37. The van der Waals surface area contributed by atoms with Gasteiger partial charge in [-0.2, -0.15) is 0 Å². The van der Waals surface area contributed by atoms with E-state index in [1.165, 1.54) is 16.9 Å². The SMILES string of the molecule is CC[C@H](Oc1ccc(N(C)S(C)(=O)=O)cc1)C(=O)NCc1ccc(C)cc1. The number of sulfonamides is 1. The van der Waals surface area contributed by atoms with Crippen molar-refractivity contribution < 1.29 is 17.9 Å². The number of hydrogen-bond donors (Lipinski definition) is 1. The highest BCUT2D eigenvalue weighted by Crippen LogP contribution is 2.21. The van der Waals surface area contributed by atoms with Crippen molar-refractivity contribution in [3.05, 3.63) is 59.7 Å². The molecule has 0 heterocycles. The molecule has 2 aromatic carbocycles. The number of carbonyl (C=O) groups excluding carboxylic acids is 1. The lowest BCUT2D eigenvalue weighted by Gasteiger charge is -2.19. The van der Waals surface area contributed by atoms with E-state index in [0.29, 0.717) is 24.4 Å². The Hall–Kier alpha value is -2.54. The summed E-state index contributed by atoms with van der Waals surface area (Å²) in [5.74, 6) is 0.327. The van der Waals surface area contributed by atoms with Gasteiger partial charge in [-0.25, -0.2) is 8.42 Å². The van der Waals surface area contributed by atoms with E-state index >= 15 is 0 Å². The molecular formula is C20H26N2O4S. The maximum absolute atomic E-state index is 12.4. The molecule has 7 heteroatoms. The second-order valence-electron chi connectivity index (χ2n) is 6.44. The molecule has 1 amide bonds. The van der Waals surface area contributed by atoms with E-state index in [0.717, 1.165) is 11.8 Å². The lowest BCUT2D eigenvalue weighted by molar-refractivity contribution is -0.128. The highest BCUT2D eigenvalue weighted by atomic mass is 32.2. The van der Waals surface area contributed by atoms with Crippen molar-refractivity contribution in [1.29, 1.82) is 0 Å². The van der Waals surface area contributed by atoms with Gasteiger partial charge in [-0.3, -0.25) is 9.10 Å². The predicted octanol–water partition coefficient (Wildman–Crippen LogP) is 2.86. The van der Waals surface area contributed by atoms with Crippen LogP contribution in [0.4, 0.5) is 5.69 Å². The monoisotopic (exact) mass is 390 g/mol. The average molecular weight is 391 g/mol. The van der Waals surface area contributed by atoms with Gasteiger partial charge in [0.2, 0.25) is 10.0 Å². The Bertz CT molecular complexity index is 862. The summed E-state index contributed by atoms with van der Waals surface area (Å²) >= 11 is 0. The number of carbonyl (C=O) groups is 1. The second-order valence-corrected chi connectivity index (χ2v) is 8.46. The molecule has 0 aliphatic heterocycles. The second kappa shape index (κ2) is 8.90. The van der Waals surface area contributed by atoms with Crippen molar-refractivity contribution >= 4 is 21.6 Å². The minimum Gasteiger partial charge on any atom is -0.481 e. The molecule has 0 aromatic heterocycles. The molecule has 0 spiro atoms. The fraction of sp³-hybridized carbons (Fsp3) is 0.350. The number of anilines is 1. The third-order valence-corrected chi connectivity index (χ3v) is 5.43. The summed E-state index contributed by atoms with van der Waals surface area (Å²) in [5, 5.41) is 2.89. The van der Waals surface area contributed by atoms with E-state index in [9.17, 15) is 13.2 Å². The Kier molecular flexibility index (Phi) is 6.85. The van der Waals surface area contributed by atoms with Crippen molar-refractivity contribution in [3.8, 4) is 5.75 Å². The molecule has 0 saturated heterocycles. The van der Waals surface area contributed by atoms with Crippen molar-refractivity contribution in [3.63, 3.8) is 0 Å². The van der Waals surface area contributed by atoms with Crippen LogP contribution < -0.4 is 14.4 Å². The van der Waals surface area contributed by atoms with Crippen LogP contribution in [0.5, 0.6) is 5.75 Å². The van der Waals surface area contributed by atoms with Gasteiger partial charge in [-0.05, 0) is 43.2 Å². The molecule has 1 atom stereocenters. The number of rotatable bonds is 8. The number of benzene rings is 2. The molecule has 0 radical (unpaired) electrons. The van der Waals surface area contributed by atoms with E-state index in [-0.39, 0.29) is 5.91 Å². The zero-order valence-electron chi connectivity index (χ0n) is 16.1. The summed E-state index contributed by atoms with van der Waals surface area (Å²) in [4.78, 5) is 12.4. The first-order chi connectivity index (χ1) is 12.7.